The number of carbonyl (C=O) groups excluding carboxylic acids is 3. The van der Waals surface area contributed by atoms with Crippen LogP contribution in [0.1, 0.15) is 54.2 Å². The number of nitrogens with two attached hydrogens (primary N) is 1. The maximum Gasteiger partial charge on any atom is 0.408 e. The van der Waals surface area contributed by atoms with E-state index >= 15 is 0 Å². The molecule has 10 nitrogen and oxygen atoms in total. The number of amides is 2. The first-order valence-corrected chi connectivity index (χ1v) is 20.4. The molecule has 0 radical (unpaired) electrons. The molecular weight excluding hydrogens is 747 g/mol. The zero-order valence-electron chi connectivity index (χ0n) is 32.2. The molecule has 0 saturated carbocycles. The Hall–Kier alpha value is -5.46. The molecule has 5 N–H and O–H groups in total. The van der Waals surface area contributed by atoms with E-state index < -0.39 is 40.5 Å². The quantitative estimate of drug-likeness (QED) is 0.0492. The van der Waals surface area contributed by atoms with Crippen LogP contribution in [0.15, 0.2) is 127 Å². The SMILES string of the molecule is CC(C)(C)OC(=O)N[C@@H](CSC(c1ccccc1)(c1ccccc1)c1ccccc1)C(=O)O.COC(=O)[C@H](CCSC)NC(=O)c1ccc(N)c2ccccc12. The largest absolute Gasteiger partial charge is 0.480 e. The molecule has 56 heavy (non-hydrogen) atoms. The molecule has 0 spiro atoms. The lowest BCUT2D eigenvalue weighted by Crippen LogP contribution is -2.45. The fraction of sp³-hybridized carbons (Fsp3) is 0.273. The maximum absolute atomic E-state index is 12.6. The van der Waals surface area contributed by atoms with Gasteiger partial charge in [0.05, 0.1) is 11.9 Å². The molecule has 0 aromatic heterocycles. The number of esters is 1. The summed E-state index contributed by atoms with van der Waals surface area (Å²) in [6.07, 6.45) is 1.72. The van der Waals surface area contributed by atoms with E-state index in [1.54, 1.807) is 44.7 Å². The lowest BCUT2D eigenvalue weighted by Gasteiger charge is -2.36. The highest BCUT2D eigenvalue weighted by molar-refractivity contribution is 8.00. The molecule has 294 valence electrons. The Morgan fingerprint density at radius 2 is 1.21 bits per heavy atom. The average molecular weight is 796 g/mol. The number of rotatable bonds is 14. The van der Waals surface area contributed by atoms with Gasteiger partial charge in [-0.3, -0.25) is 4.79 Å². The lowest BCUT2D eigenvalue weighted by molar-refractivity contribution is -0.143. The van der Waals surface area contributed by atoms with E-state index in [9.17, 15) is 24.3 Å². The van der Waals surface area contributed by atoms with E-state index in [2.05, 4.69) is 10.6 Å². The van der Waals surface area contributed by atoms with Crippen LogP contribution < -0.4 is 16.4 Å². The highest BCUT2D eigenvalue weighted by Crippen LogP contribution is 2.48. The van der Waals surface area contributed by atoms with Crippen molar-refractivity contribution in [2.24, 2.45) is 0 Å². The number of fused-ring (bicyclic) bond motifs is 1. The summed E-state index contributed by atoms with van der Waals surface area (Å²) < 4.78 is 9.38. The minimum absolute atomic E-state index is 0.132. The minimum Gasteiger partial charge on any atom is -0.480 e. The molecule has 0 heterocycles. The van der Waals surface area contributed by atoms with Gasteiger partial charge in [0.2, 0.25) is 0 Å². The summed E-state index contributed by atoms with van der Waals surface area (Å²) in [5, 5.41) is 16.7. The van der Waals surface area contributed by atoms with Crippen molar-refractivity contribution < 1.29 is 33.8 Å². The van der Waals surface area contributed by atoms with Gasteiger partial charge in [-0.05, 0) is 73.4 Å². The maximum atomic E-state index is 12.6. The summed E-state index contributed by atoms with van der Waals surface area (Å²) >= 11 is 3.08. The number of alkyl carbamates (subject to hydrolysis) is 1. The number of nitrogen functional groups attached to an aromatic ring is 1. The number of hydrogen-bond donors (Lipinski definition) is 4. The van der Waals surface area contributed by atoms with E-state index in [1.165, 1.54) is 18.9 Å². The number of carbonyl (C=O) groups is 4. The summed E-state index contributed by atoms with van der Waals surface area (Å²) in [5.74, 6) is -0.975. The fourth-order valence-corrected chi connectivity index (χ4v) is 8.01. The highest BCUT2D eigenvalue weighted by atomic mass is 32.2. The van der Waals surface area contributed by atoms with Crippen LogP contribution in [0, 0.1) is 0 Å². The number of thioether (sulfide) groups is 2. The Labute approximate surface area is 336 Å². The van der Waals surface area contributed by atoms with E-state index in [0.717, 1.165) is 33.2 Å². The molecule has 2 amide bonds. The molecule has 0 bridgehead atoms. The van der Waals surface area contributed by atoms with Crippen LogP contribution in [0.4, 0.5) is 10.5 Å². The van der Waals surface area contributed by atoms with Crippen LogP contribution in [-0.4, -0.2) is 71.6 Å². The third-order valence-corrected chi connectivity index (χ3v) is 10.9. The molecule has 5 aromatic carbocycles. The van der Waals surface area contributed by atoms with Gasteiger partial charge in [-0.2, -0.15) is 11.8 Å². The molecule has 0 unspecified atom stereocenters. The van der Waals surface area contributed by atoms with Crippen molar-refractivity contribution in [2.75, 3.05) is 30.6 Å². The second kappa shape index (κ2) is 20.5. The topological polar surface area (TPSA) is 157 Å². The highest BCUT2D eigenvalue weighted by Gasteiger charge is 2.39. The average Bonchev–Trinajstić information content (AvgIpc) is 3.19. The first kappa shape index (κ1) is 43.3. The van der Waals surface area contributed by atoms with Crippen LogP contribution in [0.3, 0.4) is 0 Å². The summed E-state index contributed by atoms with van der Waals surface area (Å²) in [7, 11) is 1.32. The predicted octanol–water partition coefficient (Wildman–Crippen LogP) is 8.14. The van der Waals surface area contributed by atoms with Crippen LogP contribution in [0.2, 0.25) is 0 Å². The number of hydrogen-bond acceptors (Lipinski definition) is 9. The summed E-state index contributed by atoms with van der Waals surface area (Å²) in [6.45, 7) is 5.22. The number of carboxylic acids is 1. The third-order valence-electron chi connectivity index (χ3n) is 8.60. The minimum atomic E-state index is -1.12. The van der Waals surface area contributed by atoms with Crippen LogP contribution in [-0.2, 0) is 23.8 Å². The smallest absolute Gasteiger partial charge is 0.408 e. The molecule has 0 aliphatic carbocycles. The Morgan fingerprint density at radius 3 is 1.68 bits per heavy atom. The van der Waals surface area contributed by atoms with E-state index in [4.69, 9.17) is 15.2 Å². The monoisotopic (exact) mass is 795 g/mol. The van der Waals surface area contributed by atoms with Crippen molar-refractivity contribution in [2.45, 2.75) is 49.6 Å². The Morgan fingerprint density at radius 1 is 0.714 bits per heavy atom. The second-order valence-corrected chi connectivity index (χ2v) is 15.9. The predicted molar refractivity (Wildman–Crippen MR) is 227 cm³/mol. The number of benzene rings is 5. The van der Waals surface area contributed by atoms with Crippen LogP contribution >= 0.6 is 23.5 Å². The van der Waals surface area contributed by atoms with Crippen molar-refractivity contribution in [3.8, 4) is 0 Å². The number of methoxy groups -OCH3 is 1. The third kappa shape index (κ3) is 11.5. The van der Waals surface area contributed by atoms with Gasteiger partial charge >= 0.3 is 18.0 Å². The van der Waals surface area contributed by atoms with Gasteiger partial charge in [-0.25, -0.2) is 14.4 Å². The van der Waals surface area contributed by atoms with Crippen LogP contribution in [0.25, 0.3) is 10.8 Å². The van der Waals surface area contributed by atoms with E-state index in [-0.39, 0.29) is 11.7 Å². The number of aliphatic carboxylic acids is 1. The molecule has 12 heteroatoms. The van der Waals surface area contributed by atoms with Crippen LogP contribution in [0.5, 0.6) is 0 Å². The van der Waals surface area contributed by atoms with Crippen molar-refractivity contribution in [3.05, 3.63) is 150 Å². The molecule has 2 atom stereocenters. The van der Waals surface area contributed by atoms with Gasteiger partial charge in [-0.1, -0.05) is 115 Å². The first-order chi connectivity index (χ1) is 26.8. The number of nitrogens with one attached hydrogen (secondary N) is 2. The molecule has 5 rings (SSSR count). The van der Waals surface area contributed by atoms with Crippen molar-refractivity contribution in [3.63, 3.8) is 0 Å². The molecule has 0 fully saturated rings. The number of anilines is 1. The number of carboxylic acid groups (broad SMARTS) is 1. The van der Waals surface area contributed by atoms with Crippen molar-refractivity contribution in [1.29, 1.82) is 0 Å². The van der Waals surface area contributed by atoms with E-state index in [0.29, 0.717) is 17.7 Å². The Bertz CT molecular complexity index is 1960. The van der Waals surface area contributed by atoms with Gasteiger partial charge in [0, 0.05) is 22.4 Å². The van der Waals surface area contributed by atoms with Gasteiger partial charge in [0.15, 0.2) is 0 Å². The summed E-state index contributed by atoms with van der Waals surface area (Å²) in [4.78, 5) is 48.8. The molecule has 0 aliphatic heterocycles. The molecular formula is C44H49N3O7S2. The van der Waals surface area contributed by atoms with Gasteiger partial charge in [-0.15, -0.1) is 11.8 Å². The zero-order valence-corrected chi connectivity index (χ0v) is 33.8. The normalized spacial score (nSPS) is 12.3. The standard InChI is InChI=1S/C27H29NO4S.C17H20N2O3S/c1-26(2,3)32-25(31)28-23(24(29)30)19-33-27(20-13-7-4-8-14-20,21-15-9-5-10-16-21)22-17-11-6-12-18-22;1-22-17(21)15(9-10-23-2)19-16(20)13-7-8-14(18)12-6-4-3-5-11(12)13/h4-18,23H,19H2,1-3H3,(H,28,31)(H,29,30);3-8,15H,9-10,18H2,1-2H3,(H,19,20)/t23-;15-/m00/s1. The van der Waals surface area contributed by atoms with Crippen molar-refractivity contribution in [1.82, 2.24) is 10.6 Å². The molecule has 0 saturated heterocycles. The molecule has 0 aliphatic rings. The van der Waals surface area contributed by atoms with E-state index in [1.807, 2.05) is 122 Å². The summed E-state index contributed by atoms with van der Waals surface area (Å²) in [5.41, 5.74) is 9.41. The molecule has 5 aromatic rings. The fourth-order valence-electron chi connectivity index (χ4n) is 5.98. The zero-order chi connectivity index (χ0) is 40.7. The summed E-state index contributed by atoms with van der Waals surface area (Å²) in [6, 6.07) is 39.0. The second-order valence-electron chi connectivity index (χ2n) is 13.7. The van der Waals surface area contributed by atoms with Crippen molar-refractivity contribution >= 4 is 63.9 Å². The van der Waals surface area contributed by atoms with Gasteiger partial charge in [0.25, 0.3) is 5.91 Å². The lowest BCUT2D eigenvalue weighted by atomic mass is 9.84. The first-order valence-electron chi connectivity index (χ1n) is 18.0. The Balaban J connectivity index is 0.000000265. The van der Waals surface area contributed by atoms with Gasteiger partial charge < -0.3 is 30.9 Å². The Kier molecular flexibility index (Phi) is 15.8. The van der Waals surface area contributed by atoms with Gasteiger partial charge in [0.1, 0.15) is 17.7 Å². The number of ether oxygens (including phenoxy) is 2.